The molecule has 0 radical (unpaired) electrons. The summed E-state index contributed by atoms with van der Waals surface area (Å²) in [7, 11) is 3.17. The van der Waals surface area contributed by atoms with Crippen LogP contribution in [0.5, 0.6) is 11.5 Å². The number of hydrogen-bond donors (Lipinski definition) is 2. The largest absolute Gasteiger partial charge is 0.493 e. The molecule has 0 saturated heterocycles. The minimum absolute atomic E-state index is 0.147. The standard InChI is InChI=1S/C26H34N4O3S/c1-6-29(7-2)11-12-30(26(34)27-21-10-8-9-18(3)13-21)17-20-14-19-15-23(32-4)24(33-5)16-22(19)28-25(20)31/h8-10,13-16H,6-7,11-12,17H2,1-5H3,(H,27,34)(H,28,31). The van der Waals surface area contributed by atoms with Gasteiger partial charge in [-0.25, -0.2) is 0 Å². The number of benzene rings is 2. The maximum atomic E-state index is 13.0. The third-order valence-corrected chi connectivity index (χ3v) is 6.28. The maximum absolute atomic E-state index is 13.0. The molecule has 0 aliphatic carbocycles. The molecule has 0 fully saturated rings. The predicted molar refractivity (Wildman–Crippen MR) is 143 cm³/mol. The van der Waals surface area contributed by atoms with E-state index in [0.717, 1.165) is 36.3 Å². The highest BCUT2D eigenvalue weighted by molar-refractivity contribution is 7.80. The molecule has 0 atom stereocenters. The molecule has 0 bridgehead atoms. The molecule has 8 heteroatoms. The molecule has 2 aromatic carbocycles. The van der Waals surface area contributed by atoms with Gasteiger partial charge in [0.1, 0.15) is 0 Å². The quantitative estimate of drug-likeness (QED) is 0.415. The van der Waals surface area contributed by atoms with Gasteiger partial charge in [0.15, 0.2) is 16.6 Å². The van der Waals surface area contributed by atoms with Gasteiger partial charge >= 0.3 is 0 Å². The minimum Gasteiger partial charge on any atom is -0.493 e. The highest BCUT2D eigenvalue weighted by Crippen LogP contribution is 2.31. The Morgan fingerprint density at radius 1 is 1.03 bits per heavy atom. The van der Waals surface area contributed by atoms with Crippen LogP contribution in [0, 0.1) is 6.92 Å². The topological polar surface area (TPSA) is 69.8 Å². The Morgan fingerprint density at radius 2 is 1.74 bits per heavy atom. The van der Waals surface area contributed by atoms with Crippen molar-refractivity contribution in [3.05, 3.63) is 63.9 Å². The molecule has 0 saturated carbocycles. The lowest BCUT2D eigenvalue weighted by atomic mass is 10.1. The fraction of sp³-hybridized carbons (Fsp3) is 0.385. The highest BCUT2D eigenvalue weighted by Gasteiger charge is 2.16. The van der Waals surface area contributed by atoms with Crippen molar-refractivity contribution < 1.29 is 9.47 Å². The molecule has 0 unspecified atom stereocenters. The second kappa shape index (κ2) is 11.9. The van der Waals surface area contributed by atoms with Gasteiger partial charge in [0.2, 0.25) is 0 Å². The Bertz CT molecular complexity index is 1190. The third-order valence-electron chi connectivity index (χ3n) is 5.92. The van der Waals surface area contributed by atoms with Gasteiger partial charge in [-0.2, -0.15) is 0 Å². The van der Waals surface area contributed by atoms with E-state index in [-0.39, 0.29) is 5.56 Å². The molecule has 1 aromatic heterocycles. The smallest absolute Gasteiger partial charge is 0.253 e. The fourth-order valence-electron chi connectivity index (χ4n) is 3.88. The first kappa shape index (κ1) is 25.5. The first-order valence-corrected chi connectivity index (χ1v) is 11.9. The molecule has 0 amide bonds. The second-order valence-electron chi connectivity index (χ2n) is 8.17. The van der Waals surface area contributed by atoms with Crippen LogP contribution in [0.3, 0.4) is 0 Å². The van der Waals surface area contributed by atoms with Crippen molar-refractivity contribution >= 4 is 33.9 Å². The molecule has 7 nitrogen and oxygen atoms in total. The summed E-state index contributed by atoms with van der Waals surface area (Å²) in [6.07, 6.45) is 0. The Morgan fingerprint density at radius 3 is 2.38 bits per heavy atom. The Kier molecular flexibility index (Phi) is 8.90. The average molecular weight is 483 g/mol. The van der Waals surface area contributed by atoms with Gasteiger partial charge in [0.05, 0.1) is 26.3 Å². The fourth-order valence-corrected chi connectivity index (χ4v) is 4.15. The summed E-state index contributed by atoms with van der Waals surface area (Å²) < 4.78 is 10.8. The molecule has 182 valence electrons. The van der Waals surface area contributed by atoms with E-state index in [9.17, 15) is 4.79 Å². The summed E-state index contributed by atoms with van der Waals surface area (Å²) in [5.41, 5.74) is 3.26. The van der Waals surface area contributed by atoms with E-state index in [1.165, 1.54) is 0 Å². The Hall–Kier alpha value is -3.10. The lowest BCUT2D eigenvalue weighted by molar-refractivity contribution is 0.266. The van der Waals surface area contributed by atoms with E-state index >= 15 is 0 Å². The van der Waals surface area contributed by atoms with E-state index in [0.29, 0.717) is 40.8 Å². The van der Waals surface area contributed by atoms with Gasteiger partial charge in [-0.3, -0.25) is 4.79 Å². The lowest BCUT2D eigenvalue weighted by Gasteiger charge is -2.29. The summed E-state index contributed by atoms with van der Waals surface area (Å²) in [5.74, 6) is 1.19. The summed E-state index contributed by atoms with van der Waals surface area (Å²) in [5, 5.41) is 4.80. The summed E-state index contributed by atoms with van der Waals surface area (Å²) >= 11 is 5.78. The van der Waals surface area contributed by atoms with Gasteiger partial charge in [-0.15, -0.1) is 0 Å². The number of rotatable bonds is 10. The van der Waals surface area contributed by atoms with Crippen LogP contribution in [0.25, 0.3) is 10.9 Å². The van der Waals surface area contributed by atoms with Crippen molar-refractivity contribution in [1.82, 2.24) is 14.8 Å². The average Bonchev–Trinajstić information content (AvgIpc) is 2.83. The maximum Gasteiger partial charge on any atom is 0.253 e. The number of fused-ring (bicyclic) bond motifs is 1. The van der Waals surface area contributed by atoms with E-state index in [4.69, 9.17) is 21.7 Å². The van der Waals surface area contributed by atoms with Crippen molar-refractivity contribution in [2.24, 2.45) is 0 Å². The zero-order chi connectivity index (χ0) is 24.7. The third kappa shape index (κ3) is 6.27. The summed E-state index contributed by atoms with van der Waals surface area (Å²) in [6.45, 7) is 10.2. The normalized spacial score (nSPS) is 11.0. The minimum atomic E-state index is -0.147. The number of likely N-dealkylation sites (N-methyl/N-ethyl adjacent to an activating group) is 1. The van der Waals surface area contributed by atoms with Crippen molar-refractivity contribution in [2.75, 3.05) is 45.7 Å². The zero-order valence-corrected chi connectivity index (χ0v) is 21.4. The van der Waals surface area contributed by atoms with E-state index in [1.807, 2.05) is 42.2 Å². The van der Waals surface area contributed by atoms with Crippen LogP contribution in [0.1, 0.15) is 25.0 Å². The molecule has 34 heavy (non-hydrogen) atoms. The van der Waals surface area contributed by atoms with Gasteiger partial charge in [0, 0.05) is 35.8 Å². The van der Waals surface area contributed by atoms with Crippen LogP contribution in [0.4, 0.5) is 5.69 Å². The first-order chi connectivity index (χ1) is 16.4. The number of ether oxygens (including phenoxy) is 2. The van der Waals surface area contributed by atoms with Crippen molar-refractivity contribution in [3.63, 3.8) is 0 Å². The van der Waals surface area contributed by atoms with Crippen LogP contribution < -0.4 is 20.3 Å². The molecule has 0 aliphatic heterocycles. The van der Waals surface area contributed by atoms with Gasteiger partial charge < -0.3 is 29.6 Å². The van der Waals surface area contributed by atoms with Crippen molar-refractivity contribution in [2.45, 2.75) is 27.3 Å². The molecule has 2 N–H and O–H groups in total. The Labute approximate surface area is 206 Å². The van der Waals surface area contributed by atoms with E-state index in [1.54, 1.807) is 20.3 Å². The first-order valence-electron chi connectivity index (χ1n) is 11.5. The van der Waals surface area contributed by atoms with E-state index in [2.05, 4.69) is 35.1 Å². The number of aromatic amines is 1. The van der Waals surface area contributed by atoms with Crippen LogP contribution >= 0.6 is 12.2 Å². The van der Waals surface area contributed by atoms with Crippen molar-refractivity contribution in [1.29, 1.82) is 0 Å². The molecule has 0 aliphatic rings. The van der Waals surface area contributed by atoms with Gasteiger partial charge in [-0.05, 0) is 62.1 Å². The number of nitrogens with one attached hydrogen (secondary N) is 2. The summed E-state index contributed by atoms with van der Waals surface area (Å²) in [4.78, 5) is 20.3. The van der Waals surface area contributed by atoms with Crippen LogP contribution in [-0.4, -0.2) is 60.3 Å². The van der Waals surface area contributed by atoms with Crippen LogP contribution in [0.15, 0.2) is 47.3 Å². The SMILES string of the molecule is CCN(CC)CCN(Cc1cc2cc(OC)c(OC)cc2[nH]c1=O)C(=S)Nc1cccc(C)c1. The molecule has 3 rings (SSSR count). The second-order valence-corrected chi connectivity index (χ2v) is 8.55. The highest BCUT2D eigenvalue weighted by atomic mass is 32.1. The van der Waals surface area contributed by atoms with Crippen LogP contribution in [0.2, 0.25) is 0 Å². The predicted octanol–water partition coefficient (Wildman–Crippen LogP) is 4.39. The number of aryl methyl sites for hydroxylation is 1. The molecule has 3 aromatic rings. The lowest BCUT2D eigenvalue weighted by Crippen LogP contribution is -2.41. The Balaban J connectivity index is 1.91. The zero-order valence-electron chi connectivity index (χ0n) is 20.6. The van der Waals surface area contributed by atoms with Crippen molar-refractivity contribution in [3.8, 4) is 11.5 Å². The van der Waals surface area contributed by atoms with E-state index < -0.39 is 0 Å². The molecule has 1 heterocycles. The monoisotopic (exact) mass is 482 g/mol. The number of anilines is 1. The van der Waals surface area contributed by atoms with Crippen LogP contribution in [-0.2, 0) is 6.54 Å². The number of methoxy groups -OCH3 is 2. The number of thiocarbonyl (C=S) groups is 1. The molecular formula is C26H34N4O3S. The number of pyridine rings is 1. The number of aromatic nitrogens is 1. The molecular weight excluding hydrogens is 448 g/mol. The number of nitrogens with zero attached hydrogens (tertiary/aromatic N) is 2. The molecule has 0 spiro atoms. The van der Waals surface area contributed by atoms with Gasteiger partial charge in [0.25, 0.3) is 5.56 Å². The number of H-pyrrole nitrogens is 1. The number of hydrogen-bond acceptors (Lipinski definition) is 5. The summed E-state index contributed by atoms with van der Waals surface area (Å²) in [6, 6.07) is 13.6. The van der Waals surface area contributed by atoms with Gasteiger partial charge in [-0.1, -0.05) is 26.0 Å².